The molecule has 4 rings (SSSR count). The maximum atomic E-state index is 13.3. The van der Waals surface area contributed by atoms with E-state index < -0.39 is 0 Å². The second kappa shape index (κ2) is 8.97. The lowest BCUT2D eigenvalue weighted by atomic mass is 9.99. The summed E-state index contributed by atoms with van der Waals surface area (Å²) in [6, 6.07) is 23.8. The van der Waals surface area contributed by atoms with Crippen LogP contribution in [-0.2, 0) is 13.0 Å². The van der Waals surface area contributed by atoms with Gasteiger partial charge in [0.15, 0.2) is 0 Å². The third-order valence-corrected chi connectivity index (χ3v) is 5.60. The number of aryl methyl sites for hydroxylation is 2. The van der Waals surface area contributed by atoms with Crippen LogP contribution < -0.4 is 5.56 Å². The van der Waals surface area contributed by atoms with Crippen LogP contribution in [0.5, 0.6) is 0 Å². The smallest absolute Gasteiger partial charge is 0.261 e. The van der Waals surface area contributed by atoms with E-state index in [9.17, 15) is 10.1 Å². The molecular weight excluding hydrogens is 382 g/mol. The Kier molecular flexibility index (Phi) is 5.95. The van der Waals surface area contributed by atoms with E-state index in [2.05, 4.69) is 13.0 Å². The minimum absolute atomic E-state index is 0.0127. The highest BCUT2D eigenvalue weighted by Crippen LogP contribution is 2.24. The van der Waals surface area contributed by atoms with E-state index in [1.807, 2.05) is 78.2 Å². The van der Waals surface area contributed by atoms with E-state index in [1.165, 1.54) is 0 Å². The van der Waals surface area contributed by atoms with Crippen LogP contribution in [0.2, 0.25) is 0 Å². The molecule has 0 unspecified atom stereocenters. The molecule has 0 spiro atoms. The highest BCUT2D eigenvalue weighted by molar-refractivity contribution is 5.78. The van der Waals surface area contributed by atoms with Gasteiger partial charge in [0.2, 0.25) is 0 Å². The normalized spacial score (nSPS) is 10.9. The van der Waals surface area contributed by atoms with Crippen molar-refractivity contribution >= 4 is 10.9 Å². The fourth-order valence-electron chi connectivity index (χ4n) is 3.87. The third kappa shape index (κ3) is 4.27. The first kappa shape index (κ1) is 20.6. The average molecular weight is 408 g/mol. The summed E-state index contributed by atoms with van der Waals surface area (Å²) >= 11 is 0. The second-order valence-electron chi connectivity index (χ2n) is 7.90. The van der Waals surface area contributed by atoms with E-state index in [0.717, 1.165) is 52.9 Å². The van der Waals surface area contributed by atoms with E-state index in [0.29, 0.717) is 17.5 Å². The average Bonchev–Trinajstić information content (AvgIpc) is 2.80. The maximum Gasteiger partial charge on any atom is 0.261 e. The quantitative estimate of drug-likeness (QED) is 0.416. The topological polar surface area (TPSA) is 58.7 Å². The highest BCUT2D eigenvalue weighted by atomic mass is 16.1. The molecule has 0 fully saturated rings. The Morgan fingerprint density at radius 2 is 1.81 bits per heavy atom. The fourth-order valence-corrected chi connectivity index (χ4v) is 3.87. The van der Waals surface area contributed by atoms with Gasteiger partial charge >= 0.3 is 0 Å². The van der Waals surface area contributed by atoms with Gasteiger partial charge in [0.1, 0.15) is 5.82 Å². The Labute approximate surface area is 182 Å². The molecule has 4 aromatic rings. The zero-order valence-electron chi connectivity index (χ0n) is 17.9. The molecule has 0 radical (unpaired) electrons. The summed E-state index contributed by atoms with van der Waals surface area (Å²) in [5.74, 6) is 0.835. The summed E-state index contributed by atoms with van der Waals surface area (Å²) < 4.78 is 1.82. The Morgan fingerprint density at radius 3 is 2.55 bits per heavy atom. The van der Waals surface area contributed by atoms with Crippen molar-refractivity contribution in [1.82, 2.24) is 9.55 Å². The molecule has 1 heterocycles. The van der Waals surface area contributed by atoms with Gasteiger partial charge in [0.25, 0.3) is 5.56 Å². The van der Waals surface area contributed by atoms with Crippen molar-refractivity contribution in [3.63, 3.8) is 0 Å². The molecule has 0 aliphatic rings. The number of benzene rings is 3. The number of nitriles is 1. The van der Waals surface area contributed by atoms with Gasteiger partial charge in [-0.1, -0.05) is 67.4 Å². The van der Waals surface area contributed by atoms with Crippen molar-refractivity contribution in [1.29, 1.82) is 5.26 Å². The monoisotopic (exact) mass is 407 g/mol. The predicted octanol–water partition coefficient (Wildman–Crippen LogP) is 5.63. The Morgan fingerprint density at radius 1 is 1.03 bits per heavy atom. The molecule has 0 amide bonds. The van der Waals surface area contributed by atoms with Crippen molar-refractivity contribution in [2.75, 3.05) is 0 Å². The Balaban J connectivity index is 1.73. The first-order valence-electron chi connectivity index (χ1n) is 10.7. The van der Waals surface area contributed by atoms with Gasteiger partial charge < -0.3 is 0 Å². The largest absolute Gasteiger partial charge is 0.292 e. The van der Waals surface area contributed by atoms with Crippen LogP contribution in [0.4, 0.5) is 0 Å². The summed E-state index contributed by atoms with van der Waals surface area (Å²) in [6.07, 6.45) is 2.83. The molecule has 31 heavy (non-hydrogen) atoms. The molecule has 154 valence electrons. The number of hydrogen-bond donors (Lipinski definition) is 0. The molecule has 0 N–H and O–H groups in total. The van der Waals surface area contributed by atoms with Gasteiger partial charge in [0.05, 0.1) is 29.1 Å². The molecule has 4 heteroatoms. The molecule has 0 saturated heterocycles. The van der Waals surface area contributed by atoms with E-state index in [-0.39, 0.29) is 5.56 Å². The fraction of sp³-hybridized carbons (Fsp3) is 0.222. The van der Waals surface area contributed by atoms with Crippen molar-refractivity contribution in [2.24, 2.45) is 0 Å². The number of fused-ring (bicyclic) bond motifs is 1. The summed E-state index contributed by atoms with van der Waals surface area (Å²) in [5.41, 5.74) is 5.43. The zero-order valence-corrected chi connectivity index (χ0v) is 17.9. The molecule has 0 atom stereocenters. The summed E-state index contributed by atoms with van der Waals surface area (Å²) in [4.78, 5) is 18.2. The van der Waals surface area contributed by atoms with Crippen LogP contribution in [0, 0.1) is 18.3 Å². The van der Waals surface area contributed by atoms with Gasteiger partial charge in [-0.3, -0.25) is 9.36 Å². The number of hydrogen-bond acceptors (Lipinski definition) is 3. The Bertz CT molecular complexity index is 1330. The van der Waals surface area contributed by atoms with Gasteiger partial charge in [-0.25, -0.2) is 4.98 Å². The summed E-state index contributed by atoms with van der Waals surface area (Å²) in [5, 5.41) is 10.0. The molecule has 0 aliphatic carbocycles. The molecule has 0 aliphatic heterocycles. The van der Waals surface area contributed by atoms with E-state index >= 15 is 0 Å². The first-order valence-corrected chi connectivity index (χ1v) is 10.7. The number of nitrogens with zero attached hydrogens (tertiary/aromatic N) is 3. The number of rotatable bonds is 6. The summed E-state index contributed by atoms with van der Waals surface area (Å²) in [7, 11) is 0. The van der Waals surface area contributed by atoms with Gasteiger partial charge in [-0.2, -0.15) is 5.26 Å². The molecular formula is C27H25N3O. The Hall–Kier alpha value is -3.71. The second-order valence-corrected chi connectivity index (χ2v) is 7.90. The molecule has 3 aromatic carbocycles. The van der Waals surface area contributed by atoms with E-state index in [1.54, 1.807) is 0 Å². The SMILES string of the molecule is CCCCc1nc2ccc(C)cc2c(=O)n1Cc1ccc(-c2ccccc2C#N)cc1. The van der Waals surface area contributed by atoms with Crippen LogP contribution >= 0.6 is 0 Å². The minimum atomic E-state index is 0.0127. The lowest BCUT2D eigenvalue weighted by molar-refractivity contribution is 0.646. The van der Waals surface area contributed by atoms with Crippen LogP contribution in [0.25, 0.3) is 22.0 Å². The maximum absolute atomic E-state index is 13.3. The van der Waals surface area contributed by atoms with Crippen LogP contribution in [-0.4, -0.2) is 9.55 Å². The lowest BCUT2D eigenvalue weighted by Gasteiger charge is -2.14. The molecule has 0 saturated carbocycles. The molecule has 1 aromatic heterocycles. The van der Waals surface area contributed by atoms with Crippen molar-refractivity contribution in [2.45, 2.75) is 39.7 Å². The predicted molar refractivity (Wildman–Crippen MR) is 125 cm³/mol. The standard InChI is InChI=1S/C27H25N3O/c1-3-4-9-26-29-25-15-10-19(2)16-24(25)27(31)30(26)18-20-11-13-21(14-12-20)23-8-6-5-7-22(23)17-28/h5-8,10-16H,3-4,9,18H2,1-2H3. The minimum Gasteiger partial charge on any atom is -0.292 e. The highest BCUT2D eigenvalue weighted by Gasteiger charge is 2.12. The summed E-state index contributed by atoms with van der Waals surface area (Å²) in [6.45, 7) is 4.62. The van der Waals surface area contributed by atoms with Gasteiger partial charge in [-0.15, -0.1) is 0 Å². The van der Waals surface area contributed by atoms with Crippen LogP contribution in [0.1, 0.15) is 42.3 Å². The zero-order chi connectivity index (χ0) is 21.8. The number of aromatic nitrogens is 2. The molecule has 4 nitrogen and oxygen atoms in total. The van der Waals surface area contributed by atoms with E-state index in [4.69, 9.17) is 4.98 Å². The number of unbranched alkanes of at least 4 members (excludes halogenated alkanes) is 1. The van der Waals surface area contributed by atoms with Crippen molar-refractivity contribution in [3.8, 4) is 17.2 Å². The van der Waals surface area contributed by atoms with Crippen LogP contribution in [0.15, 0.2) is 71.5 Å². The van der Waals surface area contributed by atoms with Gasteiger partial charge in [0, 0.05) is 6.42 Å². The third-order valence-electron chi connectivity index (χ3n) is 5.60. The van der Waals surface area contributed by atoms with Crippen molar-refractivity contribution in [3.05, 3.63) is 99.6 Å². The van der Waals surface area contributed by atoms with Crippen LogP contribution in [0.3, 0.4) is 0 Å². The van der Waals surface area contributed by atoms with Crippen molar-refractivity contribution < 1.29 is 0 Å². The van der Waals surface area contributed by atoms with Gasteiger partial charge in [-0.05, 0) is 48.2 Å². The molecule has 0 bridgehead atoms. The lowest BCUT2D eigenvalue weighted by Crippen LogP contribution is -2.26. The first-order chi connectivity index (χ1) is 15.1.